The van der Waals surface area contributed by atoms with Crippen molar-refractivity contribution in [3.63, 3.8) is 0 Å². The van der Waals surface area contributed by atoms with E-state index in [1.165, 1.54) is 31.2 Å². The van der Waals surface area contributed by atoms with Crippen LogP contribution in [-0.4, -0.2) is 23.8 Å². The zero-order valence-electron chi connectivity index (χ0n) is 20.5. The molecule has 0 unspecified atom stereocenters. The summed E-state index contributed by atoms with van der Waals surface area (Å²) in [4.78, 5) is 12.7. The maximum atomic E-state index is 12.7. The third-order valence-corrected chi connectivity index (χ3v) is 8.32. The second-order valence-corrected chi connectivity index (χ2v) is 10.4. The van der Waals surface area contributed by atoms with Crippen molar-refractivity contribution in [3.8, 4) is 6.07 Å². The lowest BCUT2D eigenvalue weighted by atomic mass is 9.75. The van der Waals surface area contributed by atoms with Gasteiger partial charge in [0.2, 0.25) is 0 Å². The second-order valence-electron chi connectivity index (χ2n) is 10.0. The lowest BCUT2D eigenvalue weighted by molar-refractivity contribution is 0.0284. The molecule has 1 fully saturated rings. The minimum Gasteiger partial charge on any atom is -0.459 e. The fourth-order valence-corrected chi connectivity index (χ4v) is 6.32. The molecule has 0 spiro atoms. The third-order valence-electron chi connectivity index (χ3n) is 8.01. The van der Waals surface area contributed by atoms with Gasteiger partial charge in [0.25, 0.3) is 0 Å². The van der Waals surface area contributed by atoms with Gasteiger partial charge in [0.15, 0.2) is 0 Å². The number of aryl methyl sites for hydroxylation is 1. The first-order chi connectivity index (χ1) is 17.0. The van der Waals surface area contributed by atoms with E-state index in [2.05, 4.69) is 17.1 Å². The van der Waals surface area contributed by atoms with Crippen LogP contribution in [0.3, 0.4) is 0 Å². The quantitative estimate of drug-likeness (QED) is 0.414. The minimum atomic E-state index is -0.241. The molecule has 1 heterocycles. The molecule has 3 aliphatic rings. The summed E-state index contributed by atoms with van der Waals surface area (Å²) in [6.45, 7) is 4.08. The van der Waals surface area contributed by atoms with Crippen LogP contribution in [0.5, 0.6) is 0 Å². The highest BCUT2D eigenvalue weighted by atomic mass is 35.5. The number of anilines is 1. The number of hydrogen-bond donors (Lipinski definition) is 0. The van der Waals surface area contributed by atoms with Crippen LogP contribution in [0.2, 0.25) is 5.02 Å². The predicted molar refractivity (Wildman–Crippen MR) is 139 cm³/mol. The zero-order valence-corrected chi connectivity index (χ0v) is 21.2. The SMILES string of the molecule is CCC(CC)OC(=O)c1ccc2c(c1)CC[C@H]1C2=NN(c2ccc(C#N)c(Cl)c2)[C@H]1C1CCCC1. The molecule has 2 atom stereocenters. The number of rotatable bonds is 6. The van der Waals surface area contributed by atoms with Crippen LogP contribution in [0.25, 0.3) is 0 Å². The van der Waals surface area contributed by atoms with E-state index < -0.39 is 0 Å². The van der Waals surface area contributed by atoms with Crippen LogP contribution >= 0.6 is 11.6 Å². The summed E-state index contributed by atoms with van der Waals surface area (Å²) in [5.41, 5.74) is 5.48. The van der Waals surface area contributed by atoms with E-state index in [1.54, 1.807) is 6.07 Å². The summed E-state index contributed by atoms with van der Waals surface area (Å²) in [5.74, 6) is 0.698. The number of hydrogen-bond acceptors (Lipinski definition) is 5. The molecule has 0 amide bonds. The van der Waals surface area contributed by atoms with Gasteiger partial charge < -0.3 is 4.74 Å². The molecule has 2 aromatic rings. The summed E-state index contributed by atoms with van der Waals surface area (Å²) < 4.78 is 5.69. The molecule has 2 aromatic carbocycles. The van der Waals surface area contributed by atoms with E-state index in [1.807, 2.05) is 38.1 Å². The molecule has 2 aliphatic carbocycles. The standard InChI is InChI=1S/C29H32ClN3O2/c1-3-23(4-2)35-29(34)20-11-13-24-19(15-20)10-14-25-27(24)32-33(28(25)18-7-5-6-8-18)22-12-9-21(17-31)26(30)16-22/h9,11-13,15-16,18,23,25,28H,3-8,10,14H2,1-2H3/t25-,28-/m0/s1. The van der Waals surface area contributed by atoms with Gasteiger partial charge in [-0.3, -0.25) is 5.01 Å². The molecule has 0 radical (unpaired) electrons. The van der Waals surface area contributed by atoms with Crippen molar-refractivity contribution in [3.05, 3.63) is 63.7 Å². The maximum Gasteiger partial charge on any atom is 0.338 e. The average molecular weight is 490 g/mol. The number of fused-ring (bicyclic) bond motifs is 3. The molecule has 5 rings (SSSR count). The molecule has 0 aromatic heterocycles. The molecule has 0 saturated heterocycles. The van der Waals surface area contributed by atoms with Gasteiger partial charge in [-0.25, -0.2) is 4.79 Å². The highest BCUT2D eigenvalue weighted by molar-refractivity contribution is 6.32. The molecule has 0 N–H and O–H groups in total. The summed E-state index contributed by atoms with van der Waals surface area (Å²) in [5, 5.41) is 17.1. The fraction of sp³-hybridized carbons (Fsp3) is 0.483. The monoisotopic (exact) mass is 489 g/mol. The Morgan fingerprint density at radius 3 is 2.63 bits per heavy atom. The van der Waals surface area contributed by atoms with Crippen LogP contribution in [-0.2, 0) is 11.2 Å². The molecular weight excluding hydrogens is 458 g/mol. The lowest BCUT2D eigenvalue weighted by Crippen LogP contribution is -2.40. The van der Waals surface area contributed by atoms with E-state index >= 15 is 0 Å². The Morgan fingerprint density at radius 2 is 1.94 bits per heavy atom. The zero-order chi connectivity index (χ0) is 24.5. The number of hydrazone groups is 1. The average Bonchev–Trinajstić information content (AvgIpc) is 3.54. The Balaban J connectivity index is 1.49. The van der Waals surface area contributed by atoms with Crippen molar-refractivity contribution >= 4 is 29.0 Å². The third kappa shape index (κ3) is 4.45. The summed E-state index contributed by atoms with van der Waals surface area (Å²) in [6.07, 6.45) is 8.52. The van der Waals surface area contributed by atoms with Crippen molar-refractivity contribution < 1.29 is 9.53 Å². The van der Waals surface area contributed by atoms with E-state index in [0.29, 0.717) is 34.0 Å². The van der Waals surface area contributed by atoms with Crippen LogP contribution in [0.15, 0.2) is 41.5 Å². The number of halogens is 1. The van der Waals surface area contributed by atoms with Crippen molar-refractivity contribution in [1.29, 1.82) is 5.26 Å². The van der Waals surface area contributed by atoms with Crippen LogP contribution in [0.4, 0.5) is 5.69 Å². The number of carbonyl (C=O) groups excluding carboxylic acids is 1. The highest BCUT2D eigenvalue weighted by Gasteiger charge is 2.45. The molecule has 0 bridgehead atoms. The first-order valence-electron chi connectivity index (χ1n) is 13.0. The first kappa shape index (κ1) is 23.9. The summed E-state index contributed by atoms with van der Waals surface area (Å²) in [6, 6.07) is 14.0. The van der Waals surface area contributed by atoms with E-state index in [0.717, 1.165) is 42.6 Å². The highest BCUT2D eigenvalue weighted by Crippen LogP contribution is 2.45. The maximum absolute atomic E-state index is 12.7. The molecule has 1 aliphatic heterocycles. The molecule has 1 saturated carbocycles. The first-order valence-corrected chi connectivity index (χ1v) is 13.3. The normalized spacial score (nSPS) is 21.5. The van der Waals surface area contributed by atoms with Crippen molar-refractivity contribution in [2.45, 2.75) is 77.4 Å². The van der Waals surface area contributed by atoms with Crippen LogP contribution in [0.1, 0.15) is 85.8 Å². The lowest BCUT2D eigenvalue weighted by Gasteiger charge is -2.34. The number of nitrogens with zero attached hydrogens (tertiary/aromatic N) is 3. The topological polar surface area (TPSA) is 65.7 Å². The number of esters is 1. The van der Waals surface area contributed by atoms with Crippen molar-refractivity contribution in [1.82, 2.24) is 0 Å². The Bertz CT molecular complexity index is 1190. The Morgan fingerprint density at radius 1 is 1.17 bits per heavy atom. The van der Waals surface area contributed by atoms with Gasteiger partial charge >= 0.3 is 5.97 Å². The van der Waals surface area contributed by atoms with Crippen molar-refractivity contribution in [2.75, 3.05) is 5.01 Å². The largest absolute Gasteiger partial charge is 0.459 e. The van der Waals surface area contributed by atoms with Gasteiger partial charge in [0.1, 0.15) is 12.2 Å². The molecular formula is C29H32ClN3O2. The second kappa shape index (κ2) is 10.0. The molecule has 6 heteroatoms. The van der Waals surface area contributed by atoms with Gasteiger partial charge in [0, 0.05) is 11.5 Å². The number of nitriles is 1. The Labute approximate surface area is 212 Å². The van der Waals surface area contributed by atoms with Gasteiger partial charge in [-0.05, 0) is 80.3 Å². The Hall–Kier alpha value is -2.84. The predicted octanol–water partition coefficient (Wildman–Crippen LogP) is 6.90. The molecule has 182 valence electrons. The number of ether oxygens (including phenoxy) is 1. The molecule has 5 nitrogen and oxygen atoms in total. The van der Waals surface area contributed by atoms with Gasteiger partial charge in [-0.2, -0.15) is 10.4 Å². The van der Waals surface area contributed by atoms with Crippen LogP contribution < -0.4 is 5.01 Å². The van der Waals surface area contributed by atoms with Gasteiger partial charge in [0.05, 0.1) is 33.6 Å². The fourth-order valence-electron chi connectivity index (χ4n) is 6.11. The smallest absolute Gasteiger partial charge is 0.338 e. The van der Waals surface area contributed by atoms with E-state index in [9.17, 15) is 10.1 Å². The van der Waals surface area contributed by atoms with Crippen LogP contribution in [0, 0.1) is 23.2 Å². The Kier molecular flexibility index (Phi) is 6.84. The number of benzene rings is 2. The van der Waals surface area contributed by atoms with E-state index in [4.69, 9.17) is 21.4 Å². The van der Waals surface area contributed by atoms with Crippen molar-refractivity contribution in [2.24, 2.45) is 16.9 Å². The minimum absolute atomic E-state index is 0.0397. The molecule has 35 heavy (non-hydrogen) atoms. The van der Waals surface area contributed by atoms with Gasteiger partial charge in [-0.1, -0.05) is 44.4 Å². The van der Waals surface area contributed by atoms with E-state index in [-0.39, 0.29) is 12.1 Å². The van der Waals surface area contributed by atoms with Gasteiger partial charge in [-0.15, -0.1) is 0 Å². The summed E-state index contributed by atoms with van der Waals surface area (Å²) >= 11 is 6.41. The summed E-state index contributed by atoms with van der Waals surface area (Å²) in [7, 11) is 0. The number of carbonyl (C=O) groups is 1.